The molecule has 2 nitrogen and oxygen atoms in total. The maximum absolute atomic E-state index is 2.69. The van der Waals surface area contributed by atoms with Gasteiger partial charge in [-0.1, -0.05) is 13.8 Å². The molecule has 1 rings (SSSR count). The summed E-state index contributed by atoms with van der Waals surface area (Å²) < 4.78 is 0. The van der Waals surface area contributed by atoms with E-state index in [0.29, 0.717) is 0 Å². The van der Waals surface area contributed by atoms with Crippen LogP contribution in [0.1, 0.15) is 46.0 Å². The van der Waals surface area contributed by atoms with E-state index in [0.717, 1.165) is 6.04 Å². The molecule has 0 spiro atoms. The molecule has 1 aliphatic heterocycles. The molecule has 0 aromatic heterocycles. The lowest BCUT2D eigenvalue weighted by molar-refractivity contribution is 0.199. The van der Waals surface area contributed by atoms with Crippen LogP contribution < -0.4 is 0 Å². The van der Waals surface area contributed by atoms with Gasteiger partial charge in [0, 0.05) is 6.04 Å². The first-order valence-electron chi connectivity index (χ1n) is 6.70. The van der Waals surface area contributed by atoms with Crippen molar-refractivity contribution in [2.75, 3.05) is 33.2 Å². The van der Waals surface area contributed by atoms with E-state index < -0.39 is 0 Å². The van der Waals surface area contributed by atoms with E-state index in [1.54, 1.807) is 0 Å². The molecule has 90 valence electrons. The quantitative estimate of drug-likeness (QED) is 0.640. The molecule has 1 atom stereocenters. The molecule has 0 aromatic carbocycles. The highest BCUT2D eigenvalue weighted by molar-refractivity contribution is 4.76. The summed E-state index contributed by atoms with van der Waals surface area (Å²) in [6.07, 6.45) is 6.78. The molecule has 15 heavy (non-hydrogen) atoms. The van der Waals surface area contributed by atoms with Gasteiger partial charge in [-0.3, -0.25) is 0 Å². The molecular weight excluding hydrogens is 184 g/mol. The zero-order valence-electron chi connectivity index (χ0n) is 10.8. The third kappa shape index (κ3) is 4.52. The lowest BCUT2D eigenvalue weighted by Gasteiger charge is -2.28. The summed E-state index contributed by atoms with van der Waals surface area (Å²) in [5.41, 5.74) is 0. The van der Waals surface area contributed by atoms with E-state index >= 15 is 0 Å². The maximum atomic E-state index is 2.69. The Morgan fingerprint density at radius 2 is 1.80 bits per heavy atom. The second-order valence-corrected chi connectivity index (χ2v) is 4.90. The normalized spacial score (nSPS) is 20.0. The largest absolute Gasteiger partial charge is 0.306 e. The molecule has 1 fully saturated rings. The Hall–Kier alpha value is -0.0800. The van der Waals surface area contributed by atoms with E-state index in [1.807, 2.05) is 0 Å². The molecular formula is C13H28N2. The Morgan fingerprint density at radius 1 is 1.13 bits per heavy atom. The van der Waals surface area contributed by atoms with Crippen molar-refractivity contribution in [2.45, 2.75) is 52.0 Å². The molecule has 0 bridgehead atoms. The van der Waals surface area contributed by atoms with Crippen LogP contribution in [-0.4, -0.2) is 49.1 Å². The molecule has 2 heteroatoms. The lowest BCUT2D eigenvalue weighted by Crippen LogP contribution is -2.35. The van der Waals surface area contributed by atoms with Crippen LogP contribution in [0.15, 0.2) is 0 Å². The van der Waals surface area contributed by atoms with E-state index in [-0.39, 0.29) is 0 Å². The van der Waals surface area contributed by atoms with Gasteiger partial charge in [-0.05, 0) is 65.3 Å². The van der Waals surface area contributed by atoms with Gasteiger partial charge in [-0.25, -0.2) is 0 Å². The second kappa shape index (κ2) is 7.24. The minimum Gasteiger partial charge on any atom is -0.306 e. The fourth-order valence-corrected chi connectivity index (χ4v) is 2.61. The highest BCUT2D eigenvalue weighted by Crippen LogP contribution is 2.16. The van der Waals surface area contributed by atoms with Crippen molar-refractivity contribution in [3.05, 3.63) is 0 Å². The number of nitrogens with zero attached hydrogens (tertiary/aromatic N) is 2. The number of hydrogen-bond acceptors (Lipinski definition) is 2. The van der Waals surface area contributed by atoms with Crippen LogP contribution in [0, 0.1) is 0 Å². The van der Waals surface area contributed by atoms with Crippen LogP contribution in [0.4, 0.5) is 0 Å². The topological polar surface area (TPSA) is 6.48 Å². The van der Waals surface area contributed by atoms with Crippen molar-refractivity contribution >= 4 is 0 Å². The van der Waals surface area contributed by atoms with Crippen molar-refractivity contribution in [1.29, 1.82) is 0 Å². The molecule has 1 aliphatic rings. The van der Waals surface area contributed by atoms with Crippen LogP contribution in [-0.2, 0) is 0 Å². The van der Waals surface area contributed by atoms with Crippen LogP contribution in [0.2, 0.25) is 0 Å². The number of rotatable bonds is 7. The van der Waals surface area contributed by atoms with E-state index in [9.17, 15) is 0 Å². The van der Waals surface area contributed by atoms with Gasteiger partial charge < -0.3 is 9.80 Å². The van der Waals surface area contributed by atoms with Crippen LogP contribution in [0.3, 0.4) is 0 Å². The van der Waals surface area contributed by atoms with Crippen LogP contribution in [0.25, 0.3) is 0 Å². The fourth-order valence-electron chi connectivity index (χ4n) is 2.61. The van der Waals surface area contributed by atoms with Gasteiger partial charge in [0.15, 0.2) is 0 Å². The van der Waals surface area contributed by atoms with Crippen LogP contribution >= 0.6 is 0 Å². The van der Waals surface area contributed by atoms with Gasteiger partial charge in [-0.15, -0.1) is 0 Å². The zero-order valence-corrected chi connectivity index (χ0v) is 10.8. The third-order valence-electron chi connectivity index (χ3n) is 3.58. The summed E-state index contributed by atoms with van der Waals surface area (Å²) in [6, 6.07) is 0.840. The summed E-state index contributed by atoms with van der Waals surface area (Å²) in [7, 11) is 2.25. The van der Waals surface area contributed by atoms with E-state index in [1.165, 1.54) is 58.3 Å². The fraction of sp³-hybridized carbons (Fsp3) is 1.00. The van der Waals surface area contributed by atoms with Crippen LogP contribution in [0.5, 0.6) is 0 Å². The predicted octanol–water partition coefficient (Wildman–Crippen LogP) is 2.59. The maximum Gasteiger partial charge on any atom is 0.0105 e. The molecule has 0 radical (unpaired) electrons. The summed E-state index contributed by atoms with van der Waals surface area (Å²) in [4.78, 5) is 5.17. The molecule has 1 unspecified atom stereocenters. The van der Waals surface area contributed by atoms with Crippen molar-refractivity contribution < 1.29 is 0 Å². The number of likely N-dealkylation sites (tertiary alicyclic amines) is 1. The van der Waals surface area contributed by atoms with Gasteiger partial charge >= 0.3 is 0 Å². The molecule has 0 amide bonds. The zero-order chi connectivity index (χ0) is 11.1. The molecule has 0 aliphatic carbocycles. The summed E-state index contributed by atoms with van der Waals surface area (Å²) >= 11 is 0. The molecule has 1 saturated heterocycles. The van der Waals surface area contributed by atoms with E-state index in [4.69, 9.17) is 0 Å². The Balaban J connectivity index is 2.20. The smallest absolute Gasteiger partial charge is 0.0105 e. The third-order valence-corrected chi connectivity index (χ3v) is 3.58. The summed E-state index contributed by atoms with van der Waals surface area (Å²) in [5.74, 6) is 0. The van der Waals surface area contributed by atoms with Crippen molar-refractivity contribution in [3.8, 4) is 0 Å². The second-order valence-electron chi connectivity index (χ2n) is 4.90. The van der Waals surface area contributed by atoms with Crippen molar-refractivity contribution in [2.24, 2.45) is 0 Å². The van der Waals surface area contributed by atoms with Crippen molar-refractivity contribution in [1.82, 2.24) is 9.80 Å². The first-order valence-corrected chi connectivity index (χ1v) is 6.70. The molecule has 0 N–H and O–H groups in total. The highest BCUT2D eigenvalue weighted by Gasteiger charge is 2.20. The Morgan fingerprint density at radius 3 is 2.33 bits per heavy atom. The Bertz CT molecular complexity index is 153. The molecule has 1 heterocycles. The first-order chi connectivity index (χ1) is 7.27. The number of hydrogen-bond donors (Lipinski definition) is 0. The molecule has 0 aromatic rings. The first kappa shape index (κ1) is 13.0. The van der Waals surface area contributed by atoms with Gasteiger partial charge in [0.2, 0.25) is 0 Å². The van der Waals surface area contributed by atoms with Gasteiger partial charge in [0.1, 0.15) is 0 Å². The average Bonchev–Trinajstić information content (AvgIpc) is 2.72. The van der Waals surface area contributed by atoms with E-state index in [2.05, 4.69) is 30.7 Å². The Kier molecular flexibility index (Phi) is 6.26. The van der Waals surface area contributed by atoms with Gasteiger partial charge in [0.05, 0.1) is 0 Å². The van der Waals surface area contributed by atoms with Gasteiger partial charge in [0.25, 0.3) is 0 Å². The summed E-state index contributed by atoms with van der Waals surface area (Å²) in [5, 5.41) is 0. The minimum atomic E-state index is 0.840. The minimum absolute atomic E-state index is 0.840. The predicted molar refractivity (Wildman–Crippen MR) is 67.3 cm³/mol. The summed E-state index contributed by atoms with van der Waals surface area (Å²) in [6.45, 7) is 9.79. The van der Waals surface area contributed by atoms with Crippen molar-refractivity contribution in [3.63, 3.8) is 0 Å². The average molecular weight is 212 g/mol. The molecule has 0 saturated carbocycles. The standard InChI is InChI=1S/C13H28N2/c1-4-9-14(3)12-8-13(5-2)15-10-6-7-11-15/h13H,4-12H2,1-3H3. The Labute approximate surface area is 95.6 Å². The van der Waals surface area contributed by atoms with Gasteiger partial charge in [-0.2, -0.15) is 0 Å². The highest BCUT2D eigenvalue weighted by atomic mass is 15.2. The monoisotopic (exact) mass is 212 g/mol. The lowest BCUT2D eigenvalue weighted by atomic mass is 10.1. The SMILES string of the molecule is CCCN(C)CCC(CC)N1CCCC1.